The number of nitrogens with zero attached hydrogens (tertiary/aromatic N) is 4. The fraction of sp³-hybridized carbons (Fsp3) is 0.692. The number of fused-ring (bicyclic) bond motifs is 3. The Morgan fingerprint density at radius 2 is 1.88 bits per heavy atom. The molecule has 6 atom stereocenters. The van der Waals surface area contributed by atoms with Crippen LogP contribution < -0.4 is 10.6 Å². The first-order valence-corrected chi connectivity index (χ1v) is 12.9. The Morgan fingerprint density at radius 3 is 2.64 bits per heavy atom. The summed E-state index contributed by atoms with van der Waals surface area (Å²) in [7, 11) is 2.05. The molecule has 0 spiro atoms. The number of hydrogen-bond acceptors (Lipinski definition) is 6. The molecule has 4 fully saturated rings. The quantitative estimate of drug-likeness (QED) is 0.746. The largest absolute Gasteiger partial charge is 0.381 e. The number of aryl methyl sites for hydroxylation is 2. The minimum absolute atomic E-state index is 0.452. The van der Waals surface area contributed by atoms with Crippen LogP contribution in [0.4, 0.5) is 0 Å². The van der Waals surface area contributed by atoms with Crippen LogP contribution >= 0.6 is 0 Å². The molecule has 7 heteroatoms. The molecule has 0 amide bonds. The summed E-state index contributed by atoms with van der Waals surface area (Å²) in [5.41, 5.74) is 3.87. The number of benzene rings is 1. The average Bonchev–Trinajstić information content (AvgIpc) is 3.37. The lowest BCUT2D eigenvalue weighted by Gasteiger charge is -2.46. The Labute approximate surface area is 197 Å². The Hall–Kier alpha value is -1.80. The van der Waals surface area contributed by atoms with Crippen LogP contribution in [-0.4, -0.2) is 70.9 Å². The van der Waals surface area contributed by atoms with Gasteiger partial charge in [0.1, 0.15) is 0 Å². The van der Waals surface area contributed by atoms with Crippen LogP contribution in [0.1, 0.15) is 54.6 Å². The average molecular weight is 451 g/mol. The molecule has 1 aromatic heterocycles. The molecular formula is C26H38N6O. The second kappa shape index (κ2) is 9.10. The molecule has 2 aromatic rings. The molecule has 2 N–H and O–H groups in total. The predicted octanol–water partition coefficient (Wildman–Crippen LogP) is 2.40. The van der Waals surface area contributed by atoms with Crippen LogP contribution in [0.25, 0.3) is 0 Å². The van der Waals surface area contributed by atoms with Crippen molar-refractivity contribution in [2.45, 2.75) is 62.7 Å². The highest BCUT2D eigenvalue weighted by Gasteiger charge is 2.55. The van der Waals surface area contributed by atoms with Crippen molar-refractivity contribution in [3.05, 3.63) is 47.3 Å². The maximum absolute atomic E-state index is 5.80. The van der Waals surface area contributed by atoms with E-state index in [1.807, 2.05) is 11.7 Å². The van der Waals surface area contributed by atoms with Gasteiger partial charge in [-0.1, -0.05) is 35.5 Å². The van der Waals surface area contributed by atoms with Crippen molar-refractivity contribution in [3.63, 3.8) is 0 Å². The Balaban J connectivity index is 1.39. The van der Waals surface area contributed by atoms with E-state index >= 15 is 0 Å². The topological polar surface area (TPSA) is 67.2 Å². The van der Waals surface area contributed by atoms with Gasteiger partial charge in [0.05, 0.1) is 11.4 Å². The van der Waals surface area contributed by atoms with Gasteiger partial charge in [-0.3, -0.25) is 9.58 Å². The molecular weight excluding hydrogens is 412 g/mol. The zero-order chi connectivity index (χ0) is 22.4. The fourth-order valence-electron chi connectivity index (χ4n) is 7.55. The van der Waals surface area contributed by atoms with Crippen LogP contribution in [-0.2, 0) is 11.8 Å². The van der Waals surface area contributed by atoms with Crippen molar-refractivity contribution < 1.29 is 4.74 Å². The van der Waals surface area contributed by atoms with Gasteiger partial charge in [-0.25, -0.2) is 0 Å². The summed E-state index contributed by atoms with van der Waals surface area (Å²) in [6.07, 6.45) is 4.73. The zero-order valence-corrected chi connectivity index (χ0v) is 20.0. The number of rotatable bonds is 4. The molecule has 7 nitrogen and oxygen atoms in total. The predicted molar refractivity (Wildman–Crippen MR) is 128 cm³/mol. The van der Waals surface area contributed by atoms with Crippen LogP contribution in [0, 0.1) is 18.8 Å². The number of ether oxygens (including phenoxy) is 1. The number of likely N-dealkylation sites (tertiary alicyclic amines) is 1. The summed E-state index contributed by atoms with van der Waals surface area (Å²) in [6.45, 7) is 7.17. The molecule has 5 heterocycles. The summed E-state index contributed by atoms with van der Waals surface area (Å²) < 4.78 is 7.80. The van der Waals surface area contributed by atoms with Crippen molar-refractivity contribution >= 4 is 0 Å². The number of nitrogens with one attached hydrogen (secondary N) is 2. The summed E-state index contributed by atoms with van der Waals surface area (Å²) in [5.74, 6) is 1.77. The van der Waals surface area contributed by atoms with E-state index in [9.17, 15) is 0 Å². The van der Waals surface area contributed by atoms with E-state index in [2.05, 4.69) is 63.1 Å². The lowest BCUT2D eigenvalue weighted by Crippen LogP contribution is -2.53. The van der Waals surface area contributed by atoms with Crippen molar-refractivity contribution in [1.82, 2.24) is 30.5 Å². The van der Waals surface area contributed by atoms with E-state index in [0.29, 0.717) is 41.9 Å². The first-order chi connectivity index (χ1) is 16.2. The molecule has 178 valence electrons. The summed E-state index contributed by atoms with van der Waals surface area (Å²) >= 11 is 0. The van der Waals surface area contributed by atoms with Gasteiger partial charge in [-0.05, 0) is 50.6 Å². The first-order valence-electron chi connectivity index (χ1n) is 12.9. The fourth-order valence-corrected chi connectivity index (χ4v) is 7.55. The molecule has 4 aliphatic rings. The van der Waals surface area contributed by atoms with Crippen LogP contribution in [0.2, 0.25) is 0 Å². The molecule has 0 radical (unpaired) electrons. The highest BCUT2D eigenvalue weighted by atomic mass is 16.5. The maximum Gasteiger partial charge on any atom is 0.0831 e. The second-order valence-corrected chi connectivity index (χ2v) is 10.6. The Morgan fingerprint density at radius 1 is 1.06 bits per heavy atom. The summed E-state index contributed by atoms with van der Waals surface area (Å²) in [6, 6.07) is 13.5. The SMILES string of the molecule is Cc1nnn(C)c1C1CNC2C3CNCCC3N([C@H](c3ccccc3)C3CCOCC3)C2C1. The van der Waals surface area contributed by atoms with Crippen molar-refractivity contribution in [2.75, 3.05) is 32.8 Å². The van der Waals surface area contributed by atoms with Gasteiger partial charge in [-0.2, -0.15) is 0 Å². The van der Waals surface area contributed by atoms with Gasteiger partial charge in [0.2, 0.25) is 0 Å². The third-order valence-electron chi connectivity index (χ3n) is 8.87. The number of piperidine rings is 2. The first kappa shape index (κ1) is 21.7. The highest BCUT2D eigenvalue weighted by Crippen LogP contribution is 2.48. The van der Waals surface area contributed by atoms with Crippen molar-refractivity contribution in [2.24, 2.45) is 18.9 Å². The number of aromatic nitrogens is 3. The van der Waals surface area contributed by atoms with Crippen LogP contribution in [0.5, 0.6) is 0 Å². The third kappa shape index (κ3) is 3.83. The Bertz CT molecular complexity index is 922. The lowest BCUT2D eigenvalue weighted by molar-refractivity contribution is -0.00258. The summed E-state index contributed by atoms with van der Waals surface area (Å²) in [5, 5.41) is 16.4. The standard InChI is InChI=1S/C26H38N6O/c1-17-25(31(2)30-29-17)20-14-23-24(28-15-20)21-16-27-11-8-22(21)32(23)26(18-6-4-3-5-7-18)19-9-12-33-13-10-19/h3-7,19-24,26-28H,8-16H2,1-2H3/t20?,21?,22?,23?,24?,26-/m1/s1. The van der Waals surface area contributed by atoms with Crippen LogP contribution in [0.3, 0.4) is 0 Å². The van der Waals surface area contributed by atoms with Crippen LogP contribution in [0.15, 0.2) is 30.3 Å². The monoisotopic (exact) mass is 450 g/mol. The molecule has 33 heavy (non-hydrogen) atoms. The lowest BCUT2D eigenvalue weighted by atomic mass is 9.82. The van der Waals surface area contributed by atoms with Gasteiger partial charge >= 0.3 is 0 Å². The zero-order valence-electron chi connectivity index (χ0n) is 20.0. The second-order valence-electron chi connectivity index (χ2n) is 10.6. The Kier molecular flexibility index (Phi) is 5.99. The van der Waals surface area contributed by atoms with Crippen molar-refractivity contribution in [3.8, 4) is 0 Å². The van der Waals surface area contributed by atoms with E-state index in [1.165, 1.54) is 24.1 Å². The minimum atomic E-state index is 0.452. The molecule has 5 unspecified atom stereocenters. The maximum atomic E-state index is 5.80. The molecule has 0 saturated carbocycles. The van der Waals surface area contributed by atoms with E-state index < -0.39 is 0 Å². The third-order valence-corrected chi connectivity index (χ3v) is 8.87. The van der Waals surface area contributed by atoms with Crippen molar-refractivity contribution in [1.29, 1.82) is 0 Å². The minimum Gasteiger partial charge on any atom is -0.381 e. The molecule has 6 rings (SSSR count). The molecule has 1 aromatic carbocycles. The molecule has 0 aliphatic carbocycles. The molecule has 0 bridgehead atoms. The summed E-state index contributed by atoms with van der Waals surface area (Å²) in [4.78, 5) is 2.99. The van der Waals surface area contributed by atoms with Gasteiger partial charge in [0, 0.05) is 69.4 Å². The van der Waals surface area contributed by atoms with Gasteiger partial charge in [0.15, 0.2) is 0 Å². The smallest absolute Gasteiger partial charge is 0.0831 e. The van der Waals surface area contributed by atoms with Gasteiger partial charge in [-0.15, -0.1) is 5.10 Å². The van der Waals surface area contributed by atoms with Gasteiger partial charge in [0.25, 0.3) is 0 Å². The highest BCUT2D eigenvalue weighted by molar-refractivity contribution is 5.25. The van der Waals surface area contributed by atoms with E-state index in [0.717, 1.165) is 51.4 Å². The molecule has 4 saturated heterocycles. The van der Waals surface area contributed by atoms with E-state index in [1.54, 1.807) is 0 Å². The van der Waals surface area contributed by atoms with E-state index in [4.69, 9.17) is 4.74 Å². The van der Waals surface area contributed by atoms with E-state index in [-0.39, 0.29) is 0 Å². The van der Waals surface area contributed by atoms with Gasteiger partial charge < -0.3 is 15.4 Å². The number of hydrogen-bond donors (Lipinski definition) is 2. The molecule has 4 aliphatic heterocycles. The normalized spacial score (nSPS) is 34.1.